The Balaban J connectivity index is 1.91. The number of ether oxygens (including phenoxy) is 1. The zero-order chi connectivity index (χ0) is 14.1. The zero-order valence-electron chi connectivity index (χ0n) is 10.5. The summed E-state index contributed by atoms with van der Waals surface area (Å²) in [6.07, 6.45) is 0.913. The van der Waals surface area contributed by atoms with Gasteiger partial charge in [0.1, 0.15) is 5.75 Å². The van der Waals surface area contributed by atoms with Crippen molar-refractivity contribution in [3.63, 3.8) is 0 Å². The second-order valence-corrected chi connectivity index (χ2v) is 6.88. The molecule has 2 nitrogen and oxygen atoms in total. The third kappa shape index (κ3) is 2.97. The smallest absolute Gasteiger partial charge is 0.124 e. The average Bonchev–Trinajstić information content (AvgIpc) is 2.42. The minimum Gasteiger partial charge on any atom is -0.493 e. The quantitative estimate of drug-likeness (QED) is 0.667. The summed E-state index contributed by atoms with van der Waals surface area (Å²) < 4.78 is 7.72. The van der Waals surface area contributed by atoms with Crippen molar-refractivity contribution in [1.29, 1.82) is 0 Å². The molecule has 0 aliphatic carbocycles. The Hall–Kier alpha value is -0.710. The Labute approximate surface area is 139 Å². The van der Waals surface area contributed by atoms with E-state index in [-0.39, 0.29) is 6.04 Å². The molecule has 1 atom stereocenters. The van der Waals surface area contributed by atoms with Crippen LogP contribution in [0.25, 0.3) is 0 Å². The molecule has 0 spiro atoms. The molecule has 0 aromatic heterocycles. The predicted octanol–water partition coefficient (Wildman–Crippen LogP) is 5.80. The van der Waals surface area contributed by atoms with Gasteiger partial charge in [-0.05, 0) is 36.4 Å². The number of hydrogen-bond acceptors (Lipinski definition) is 2. The minimum atomic E-state index is 0.204. The topological polar surface area (TPSA) is 21.3 Å². The van der Waals surface area contributed by atoms with Gasteiger partial charge in [-0.2, -0.15) is 0 Å². The Kier molecular flexibility index (Phi) is 4.24. The van der Waals surface area contributed by atoms with E-state index in [1.807, 2.05) is 30.3 Å². The van der Waals surface area contributed by atoms with Gasteiger partial charge in [-0.1, -0.05) is 43.5 Å². The maximum absolute atomic E-state index is 6.27. The summed E-state index contributed by atoms with van der Waals surface area (Å²) in [5, 5.41) is 4.22. The summed E-state index contributed by atoms with van der Waals surface area (Å²) in [6, 6.07) is 12.2. The molecular formula is C15H12Br2ClNO. The van der Waals surface area contributed by atoms with Crippen molar-refractivity contribution in [2.24, 2.45) is 0 Å². The van der Waals surface area contributed by atoms with Gasteiger partial charge < -0.3 is 10.1 Å². The van der Waals surface area contributed by atoms with Gasteiger partial charge in [0, 0.05) is 20.9 Å². The average molecular weight is 418 g/mol. The highest BCUT2D eigenvalue weighted by atomic mass is 79.9. The van der Waals surface area contributed by atoms with Crippen molar-refractivity contribution in [2.45, 2.75) is 12.5 Å². The fourth-order valence-electron chi connectivity index (χ4n) is 2.31. The Morgan fingerprint density at radius 2 is 1.85 bits per heavy atom. The van der Waals surface area contributed by atoms with E-state index in [1.165, 1.54) is 0 Å². The highest BCUT2D eigenvalue weighted by Crippen LogP contribution is 2.37. The summed E-state index contributed by atoms with van der Waals surface area (Å²) in [4.78, 5) is 0. The van der Waals surface area contributed by atoms with Gasteiger partial charge in [0.15, 0.2) is 0 Å². The molecule has 0 radical (unpaired) electrons. The summed E-state index contributed by atoms with van der Waals surface area (Å²) in [7, 11) is 0. The van der Waals surface area contributed by atoms with Crippen molar-refractivity contribution in [2.75, 3.05) is 11.9 Å². The molecule has 0 saturated carbocycles. The Bertz CT molecular complexity index is 648. The standard InChI is InChI=1S/C15H12Br2ClNO/c16-9-2-4-15-11(7-9)13(5-6-20-15)19-14-3-1-10(17)8-12(14)18/h1-4,7-8,13,19H,5-6H2. The van der Waals surface area contributed by atoms with E-state index in [2.05, 4.69) is 43.2 Å². The van der Waals surface area contributed by atoms with Crippen LogP contribution in [0.5, 0.6) is 5.75 Å². The van der Waals surface area contributed by atoms with Crippen LogP contribution in [0, 0.1) is 0 Å². The second kappa shape index (κ2) is 5.96. The second-order valence-electron chi connectivity index (χ2n) is 4.64. The Morgan fingerprint density at radius 1 is 1.10 bits per heavy atom. The first-order valence-electron chi connectivity index (χ1n) is 6.27. The fraction of sp³-hybridized carbons (Fsp3) is 0.200. The van der Waals surface area contributed by atoms with Gasteiger partial charge in [-0.15, -0.1) is 0 Å². The molecule has 2 aromatic carbocycles. The molecule has 1 heterocycles. The molecule has 0 amide bonds. The van der Waals surface area contributed by atoms with E-state index < -0.39 is 0 Å². The van der Waals surface area contributed by atoms with Crippen LogP contribution in [0.2, 0.25) is 5.02 Å². The van der Waals surface area contributed by atoms with Gasteiger partial charge >= 0.3 is 0 Å². The SMILES string of the molecule is Clc1cc(Br)ccc1NC1CCOc2ccc(Br)cc21. The number of halogens is 3. The monoisotopic (exact) mass is 415 g/mol. The lowest BCUT2D eigenvalue weighted by atomic mass is 10.0. The minimum absolute atomic E-state index is 0.204. The molecule has 1 N–H and O–H groups in total. The van der Waals surface area contributed by atoms with E-state index in [9.17, 15) is 0 Å². The summed E-state index contributed by atoms with van der Waals surface area (Å²) >= 11 is 13.2. The summed E-state index contributed by atoms with van der Waals surface area (Å²) in [5.74, 6) is 0.935. The molecule has 3 rings (SSSR count). The van der Waals surface area contributed by atoms with Crippen LogP contribution in [0.1, 0.15) is 18.0 Å². The molecule has 5 heteroatoms. The molecule has 1 unspecified atom stereocenters. The fourth-order valence-corrected chi connectivity index (χ4v) is 3.42. The largest absolute Gasteiger partial charge is 0.493 e. The van der Waals surface area contributed by atoms with Crippen molar-refractivity contribution in [1.82, 2.24) is 0 Å². The van der Waals surface area contributed by atoms with Crippen LogP contribution < -0.4 is 10.1 Å². The van der Waals surface area contributed by atoms with E-state index in [0.29, 0.717) is 11.6 Å². The van der Waals surface area contributed by atoms with E-state index in [0.717, 1.165) is 32.4 Å². The number of nitrogens with one attached hydrogen (secondary N) is 1. The molecule has 20 heavy (non-hydrogen) atoms. The van der Waals surface area contributed by atoms with Crippen molar-refractivity contribution < 1.29 is 4.74 Å². The van der Waals surface area contributed by atoms with Crippen LogP contribution >= 0.6 is 43.5 Å². The van der Waals surface area contributed by atoms with Crippen molar-refractivity contribution in [3.8, 4) is 5.75 Å². The Morgan fingerprint density at radius 3 is 2.65 bits per heavy atom. The van der Waals surface area contributed by atoms with Gasteiger partial charge in [-0.25, -0.2) is 0 Å². The number of rotatable bonds is 2. The van der Waals surface area contributed by atoms with Crippen molar-refractivity contribution in [3.05, 3.63) is 55.9 Å². The number of anilines is 1. The van der Waals surface area contributed by atoms with Crippen LogP contribution in [0.15, 0.2) is 45.3 Å². The third-order valence-electron chi connectivity index (χ3n) is 3.27. The van der Waals surface area contributed by atoms with Crippen LogP contribution in [-0.2, 0) is 0 Å². The van der Waals surface area contributed by atoms with Crippen LogP contribution in [0.3, 0.4) is 0 Å². The van der Waals surface area contributed by atoms with Gasteiger partial charge in [0.05, 0.1) is 23.4 Å². The number of hydrogen-bond donors (Lipinski definition) is 1. The first-order chi connectivity index (χ1) is 9.63. The molecule has 2 aromatic rings. The molecule has 104 valence electrons. The summed E-state index contributed by atoms with van der Waals surface area (Å²) in [6.45, 7) is 0.709. The first kappa shape index (κ1) is 14.2. The lowest BCUT2D eigenvalue weighted by molar-refractivity contribution is 0.274. The lowest BCUT2D eigenvalue weighted by Crippen LogP contribution is -2.20. The number of benzene rings is 2. The van der Waals surface area contributed by atoms with E-state index in [1.54, 1.807) is 0 Å². The maximum atomic E-state index is 6.27. The molecule has 1 aliphatic rings. The third-order valence-corrected chi connectivity index (χ3v) is 4.57. The molecule has 0 bridgehead atoms. The van der Waals surface area contributed by atoms with Crippen molar-refractivity contribution >= 4 is 49.1 Å². The van der Waals surface area contributed by atoms with E-state index >= 15 is 0 Å². The molecule has 0 fully saturated rings. The van der Waals surface area contributed by atoms with E-state index in [4.69, 9.17) is 16.3 Å². The van der Waals surface area contributed by atoms with Gasteiger partial charge in [0.25, 0.3) is 0 Å². The maximum Gasteiger partial charge on any atom is 0.124 e. The van der Waals surface area contributed by atoms with Crippen LogP contribution in [0.4, 0.5) is 5.69 Å². The zero-order valence-corrected chi connectivity index (χ0v) is 14.4. The molecular weight excluding hydrogens is 405 g/mol. The predicted molar refractivity (Wildman–Crippen MR) is 89.8 cm³/mol. The lowest BCUT2D eigenvalue weighted by Gasteiger charge is -2.28. The highest BCUT2D eigenvalue weighted by Gasteiger charge is 2.22. The van der Waals surface area contributed by atoms with Crippen LogP contribution in [-0.4, -0.2) is 6.61 Å². The van der Waals surface area contributed by atoms with Gasteiger partial charge in [-0.3, -0.25) is 0 Å². The normalized spacial score (nSPS) is 17.2. The summed E-state index contributed by atoms with van der Waals surface area (Å²) in [5.41, 5.74) is 2.09. The highest BCUT2D eigenvalue weighted by molar-refractivity contribution is 9.10. The molecule has 0 saturated heterocycles. The van der Waals surface area contributed by atoms with Gasteiger partial charge in [0.2, 0.25) is 0 Å². The first-order valence-corrected chi connectivity index (χ1v) is 8.24. The number of fused-ring (bicyclic) bond motifs is 1. The molecule has 1 aliphatic heterocycles.